The number of anilines is 2. The van der Waals surface area contributed by atoms with Crippen LogP contribution >= 0.6 is 11.6 Å². The summed E-state index contributed by atoms with van der Waals surface area (Å²) < 4.78 is 5.77. The highest BCUT2D eigenvalue weighted by Gasteiger charge is 2.24. The molecule has 2 heterocycles. The molecule has 11 nitrogen and oxygen atoms in total. The fourth-order valence-electron chi connectivity index (χ4n) is 5.32. The first-order chi connectivity index (χ1) is 22.7. The van der Waals surface area contributed by atoms with Crippen molar-refractivity contribution in [3.05, 3.63) is 106 Å². The predicted octanol–water partition coefficient (Wildman–Crippen LogP) is 4.70. The maximum atomic E-state index is 13.9. The third kappa shape index (κ3) is 7.90. The number of hydrogen-bond donors (Lipinski definition) is 5. The Labute approximate surface area is 278 Å². The number of carbonyl (C=O) groups excluding carboxylic acids is 3. The number of primary amides is 1. The number of hydrogen-bond acceptors (Lipinski definition) is 8. The number of nitrogens with zero attached hydrogens (tertiary/aromatic N) is 2. The second kappa shape index (κ2) is 14.8. The van der Waals surface area contributed by atoms with Gasteiger partial charge >= 0.3 is 0 Å². The summed E-state index contributed by atoms with van der Waals surface area (Å²) in [5, 5.41) is 12.4. The predicted molar refractivity (Wildman–Crippen MR) is 185 cm³/mol. The van der Waals surface area contributed by atoms with Crippen molar-refractivity contribution in [3.8, 4) is 16.9 Å². The zero-order valence-electron chi connectivity index (χ0n) is 26.3. The van der Waals surface area contributed by atoms with E-state index < -0.39 is 5.91 Å². The first-order valence-electron chi connectivity index (χ1n) is 15.0. The smallest absolute Gasteiger partial charge is 0.252 e. The van der Waals surface area contributed by atoms with Gasteiger partial charge in [0.1, 0.15) is 5.75 Å². The van der Waals surface area contributed by atoms with E-state index in [4.69, 9.17) is 22.1 Å². The van der Waals surface area contributed by atoms with E-state index in [1.54, 1.807) is 79.9 Å². The second-order valence-corrected chi connectivity index (χ2v) is 11.5. The van der Waals surface area contributed by atoms with Crippen molar-refractivity contribution in [2.24, 2.45) is 10.7 Å². The zero-order chi connectivity index (χ0) is 33.5. The van der Waals surface area contributed by atoms with Crippen LogP contribution in [0.15, 0.2) is 94.4 Å². The number of amides is 3. The summed E-state index contributed by atoms with van der Waals surface area (Å²) >= 11 is 6.53. The number of ether oxygens (including phenoxy) is 1. The van der Waals surface area contributed by atoms with Crippen molar-refractivity contribution >= 4 is 46.5 Å². The quantitative estimate of drug-likeness (QED) is 0.210. The highest BCUT2D eigenvalue weighted by molar-refractivity contribution is 6.45. The molecular weight excluding hydrogens is 618 g/mol. The van der Waals surface area contributed by atoms with Gasteiger partial charge in [-0.25, -0.2) is 4.99 Å². The lowest BCUT2D eigenvalue weighted by molar-refractivity contribution is 0.0915. The molecular formula is C35H36ClN7O4. The maximum absolute atomic E-state index is 13.9. The fourth-order valence-corrected chi connectivity index (χ4v) is 5.47. The molecule has 12 heteroatoms. The molecule has 3 amide bonds. The van der Waals surface area contributed by atoms with Crippen molar-refractivity contribution in [2.75, 3.05) is 44.9 Å². The summed E-state index contributed by atoms with van der Waals surface area (Å²) in [4.78, 5) is 44.9. The van der Waals surface area contributed by atoms with Gasteiger partial charge in [0.05, 0.1) is 29.1 Å². The van der Waals surface area contributed by atoms with Crippen LogP contribution in [0.4, 0.5) is 11.4 Å². The average molecular weight is 654 g/mol. The fraction of sp³-hybridized carbons (Fsp3) is 0.229. The lowest BCUT2D eigenvalue weighted by atomic mass is 9.96. The summed E-state index contributed by atoms with van der Waals surface area (Å²) in [6.07, 6.45) is 4.90. The van der Waals surface area contributed by atoms with E-state index in [0.29, 0.717) is 33.8 Å². The number of para-hydroxylation sites is 1. The van der Waals surface area contributed by atoms with Crippen molar-refractivity contribution in [3.63, 3.8) is 0 Å². The van der Waals surface area contributed by atoms with Crippen molar-refractivity contribution < 1.29 is 19.1 Å². The Bertz CT molecular complexity index is 1820. The molecule has 0 unspecified atom stereocenters. The topological polar surface area (TPSA) is 150 Å². The average Bonchev–Trinajstić information content (AvgIpc) is 3.25. The Morgan fingerprint density at radius 2 is 1.70 bits per heavy atom. The van der Waals surface area contributed by atoms with E-state index in [9.17, 15) is 14.4 Å². The van der Waals surface area contributed by atoms with E-state index in [2.05, 4.69) is 43.9 Å². The molecule has 3 aromatic rings. The molecule has 0 saturated carbocycles. The number of aliphatic imine (C=N–C) groups is 1. The number of piperidine rings is 1. The van der Waals surface area contributed by atoms with Gasteiger partial charge in [-0.2, -0.15) is 0 Å². The number of halogens is 1. The van der Waals surface area contributed by atoms with Gasteiger partial charge in [0.15, 0.2) is 11.7 Å². The molecule has 5 rings (SSSR count). The normalized spacial score (nSPS) is 15.0. The van der Waals surface area contributed by atoms with Gasteiger partial charge in [0, 0.05) is 24.2 Å². The zero-order valence-corrected chi connectivity index (χ0v) is 27.1. The van der Waals surface area contributed by atoms with Crippen LogP contribution in [0.3, 0.4) is 0 Å². The Balaban J connectivity index is 1.52. The number of allylic oxidation sites excluding steroid dienone is 2. The van der Waals surface area contributed by atoms with Crippen molar-refractivity contribution in [1.29, 1.82) is 0 Å². The number of nitrogens with one attached hydrogen (secondary N) is 4. The lowest BCUT2D eigenvalue weighted by Gasteiger charge is -2.29. The molecule has 1 saturated heterocycles. The first kappa shape index (κ1) is 33.0. The van der Waals surface area contributed by atoms with Crippen LogP contribution in [-0.2, 0) is 0 Å². The Kier molecular flexibility index (Phi) is 10.4. The standard InChI is InChI=1S/C35H36ClN7O4/c1-38-34(45)22-13-11-21(12-14-22)25-20-30(47-3)29(19-26(25)35(46)39-23-15-17-43(2)18-16-23)40-31-10-6-8-27(36)33(42-31)41-28-9-5-4-7-24(28)32(37)44/h4-9,11-14,19-20,23,40H,15-18H2,1-3H3,(H2,37,44)(H,38,45)(H,39,46)(H,41,42). The van der Waals surface area contributed by atoms with Crippen LogP contribution in [0, 0.1) is 0 Å². The van der Waals surface area contributed by atoms with E-state index in [1.807, 2.05) is 0 Å². The number of amidine groups is 1. The highest BCUT2D eigenvalue weighted by atomic mass is 35.5. The number of likely N-dealkylation sites (tertiary alicyclic amines) is 1. The summed E-state index contributed by atoms with van der Waals surface area (Å²) in [6.45, 7) is 1.78. The number of rotatable bonds is 9. The van der Waals surface area contributed by atoms with E-state index in [-0.39, 0.29) is 40.1 Å². The molecule has 1 fully saturated rings. The van der Waals surface area contributed by atoms with Gasteiger partial charge in [-0.15, -0.1) is 0 Å². The summed E-state index contributed by atoms with van der Waals surface area (Å²) in [5.74, 6) is -0.101. The van der Waals surface area contributed by atoms with Crippen LogP contribution < -0.4 is 31.7 Å². The van der Waals surface area contributed by atoms with Gasteiger partial charge < -0.3 is 36.6 Å². The molecule has 3 aromatic carbocycles. The van der Waals surface area contributed by atoms with Crippen LogP contribution in [0.1, 0.15) is 43.9 Å². The molecule has 47 heavy (non-hydrogen) atoms. The molecule has 2 aliphatic heterocycles. The van der Waals surface area contributed by atoms with Gasteiger partial charge in [-0.05, 0) is 92.7 Å². The summed E-state index contributed by atoms with van der Waals surface area (Å²) in [6, 6.07) is 17.3. The molecule has 0 atom stereocenters. The minimum absolute atomic E-state index is 0.0305. The minimum atomic E-state index is -0.603. The highest BCUT2D eigenvalue weighted by Crippen LogP contribution is 2.36. The molecule has 0 aromatic heterocycles. The number of methoxy groups -OCH3 is 1. The van der Waals surface area contributed by atoms with Crippen LogP contribution in [0.5, 0.6) is 5.75 Å². The molecule has 2 aliphatic rings. The van der Waals surface area contributed by atoms with Crippen molar-refractivity contribution in [1.82, 2.24) is 15.5 Å². The largest absolute Gasteiger partial charge is 0.495 e. The Morgan fingerprint density at radius 3 is 2.38 bits per heavy atom. The van der Waals surface area contributed by atoms with Gasteiger partial charge in [-0.1, -0.05) is 41.6 Å². The van der Waals surface area contributed by atoms with Gasteiger partial charge in [-0.3, -0.25) is 14.4 Å². The third-order valence-corrected chi connectivity index (χ3v) is 8.23. The Morgan fingerprint density at radius 1 is 0.979 bits per heavy atom. The van der Waals surface area contributed by atoms with Gasteiger partial charge in [0.25, 0.3) is 17.7 Å². The monoisotopic (exact) mass is 653 g/mol. The molecule has 6 N–H and O–H groups in total. The summed E-state index contributed by atoms with van der Waals surface area (Å²) in [5.41, 5.74) is 12.1. The molecule has 242 valence electrons. The molecule has 0 radical (unpaired) electrons. The Hall–Kier alpha value is -5.35. The van der Waals surface area contributed by atoms with E-state index in [0.717, 1.165) is 31.5 Å². The number of nitrogens with two attached hydrogens (primary N) is 1. The second-order valence-electron chi connectivity index (χ2n) is 11.1. The van der Waals surface area contributed by atoms with E-state index in [1.165, 1.54) is 7.11 Å². The van der Waals surface area contributed by atoms with E-state index >= 15 is 0 Å². The van der Waals surface area contributed by atoms with Crippen molar-refractivity contribution in [2.45, 2.75) is 18.9 Å². The first-order valence-corrected chi connectivity index (χ1v) is 15.4. The van der Waals surface area contributed by atoms with Crippen LogP contribution in [-0.4, -0.2) is 68.8 Å². The summed E-state index contributed by atoms with van der Waals surface area (Å²) in [7, 11) is 5.17. The third-order valence-electron chi connectivity index (χ3n) is 7.92. The number of benzene rings is 3. The van der Waals surface area contributed by atoms with Crippen LogP contribution in [0.25, 0.3) is 11.1 Å². The van der Waals surface area contributed by atoms with Gasteiger partial charge in [0.2, 0.25) is 0 Å². The molecule has 0 bridgehead atoms. The number of carbonyl (C=O) groups is 3. The van der Waals surface area contributed by atoms with Crippen LogP contribution in [0.2, 0.25) is 0 Å². The molecule has 0 spiro atoms. The maximum Gasteiger partial charge on any atom is 0.252 e. The lowest BCUT2D eigenvalue weighted by Crippen LogP contribution is -2.43. The minimum Gasteiger partial charge on any atom is -0.495 e. The molecule has 0 aliphatic carbocycles. The SMILES string of the molecule is CNC(=O)c1ccc(-c2cc(OC)c(NC3=C=CC=C(Cl)C(Nc4ccccc4C(N)=O)=N3)cc2C(=O)NC2CCN(C)CC2)cc1.